The van der Waals surface area contributed by atoms with Crippen molar-refractivity contribution in [3.63, 3.8) is 0 Å². The molecule has 0 spiro atoms. The van der Waals surface area contributed by atoms with Crippen LogP contribution in [0.4, 0.5) is 5.69 Å². The number of rotatable bonds is 4. The average molecular weight is 438 g/mol. The first kappa shape index (κ1) is 18.3. The Morgan fingerprint density at radius 1 is 1.12 bits per heavy atom. The highest BCUT2D eigenvalue weighted by molar-refractivity contribution is 9.10. The van der Waals surface area contributed by atoms with Gasteiger partial charge in [0.1, 0.15) is 19.0 Å². The standard InChI is InChI=1S/C17H16BrN3O4S/c18-11-2-1-3-13(8-11)25-10-16(22)20-21-17(26)19-12-4-5-14-15(9-12)24-7-6-23-14/h1-5,8-9H,6-7,10H2,(H,20,22)(H2,19,21,26). The molecular formula is C17H16BrN3O4S. The third kappa shape index (κ3) is 5.24. The summed E-state index contributed by atoms with van der Waals surface area (Å²) in [6, 6.07) is 12.6. The summed E-state index contributed by atoms with van der Waals surface area (Å²) in [6.45, 7) is 0.900. The predicted molar refractivity (Wildman–Crippen MR) is 105 cm³/mol. The lowest BCUT2D eigenvalue weighted by molar-refractivity contribution is -0.123. The Labute approximate surface area is 164 Å². The molecule has 0 saturated carbocycles. The lowest BCUT2D eigenvalue weighted by Gasteiger charge is -2.19. The fourth-order valence-electron chi connectivity index (χ4n) is 2.15. The van der Waals surface area contributed by atoms with E-state index in [1.807, 2.05) is 12.1 Å². The number of amides is 1. The Kier molecular flexibility index (Phi) is 6.13. The molecule has 0 unspecified atom stereocenters. The summed E-state index contributed by atoms with van der Waals surface area (Å²) in [5, 5.41) is 3.19. The molecule has 2 aromatic rings. The second-order valence-corrected chi connectivity index (χ2v) is 6.56. The number of anilines is 1. The van der Waals surface area contributed by atoms with Crippen LogP contribution in [0.1, 0.15) is 0 Å². The van der Waals surface area contributed by atoms with Gasteiger partial charge in [-0.2, -0.15) is 0 Å². The van der Waals surface area contributed by atoms with Crippen molar-refractivity contribution in [2.75, 3.05) is 25.1 Å². The maximum atomic E-state index is 11.8. The third-order valence-electron chi connectivity index (χ3n) is 3.28. The molecule has 26 heavy (non-hydrogen) atoms. The van der Waals surface area contributed by atoms with Crippen molar-refractivity contribution in [3.05, 3.63) is 46.9 Å². The number of ether oxygens (including phenoxy) is 3. The lowest BCUT2D eigenvalue weighted by atomic mass is 10.2. The molecule has 0 bridgehead atoms. The third-order valence-corrected chi connectivity index (χ3v) is 3.98. The zero-order valence-electron chi connectivity index (χ0n) is 13.6. The molecule has 7 nitrogen and oxygen atoms in total. The zero-order chi connectivity index (χ0) is 18.4. The summed E-state index contributed by atoms with van der Waals surface area (Å²) in [7, 11) is 0. The molecule has 0 aliphatic carbocycles. The second kappa shape index (κ2) is 8.72. The Balaban J connectivity index is 1.43. The maximum Gasteiger partial charge on any atom is 0.276 e. The van der Waals surface area contributed by atoms with Gasteiger partial charge in [-0.25, -0.2) is 0 Å². The molecule has 0 aromatic heterocycles. The van der Waals surface area contributed by atoms with Crippen molar-refractivity contribution in [1.82, 2.24) is 10.9 Å². The molecule has 1 heterocycles. The Morgan fingerprint density at radius 3 is 2.73 bits per heavy atom. The molecule has 3 N–H and O–H groups in total. The summed E-state index contributed by atoms with van der Waals surface area (Å²) < 4.78 is 17.2. The van der Waals surface area contributed by atoms with E-state index in [0.29, 0.717) is 36.1 Å². The second-order valence-electron chi connectivity index (χ2n) is 5.23. The summed E-state index contributed by atoms with van der Waals surface area (Å²) in [5.41, 5.74) is 5.80. The van der Waals surface area contributed by atoms with E-state index in [9.17, 15) is 4.79 Å². The minimum absolute atomic E-state index is 0.143. The zero-order valence-corrected chi connectivity index (χ0v) is 16.0. The van der Waals surface area contributed by atoms with Crippen LogP contribution in [0.5, 0.6) is 17.2 Å². The highest BCUT2D eigenvalue weighted by Gasteiger charge is 2.12. The largest absolute Gasteiger partial charge is 0.486 e. The van der Waals surface area contributed by atoms with Crippen molar-refractivity contribution in [2.24, 2.45) is 0 Å². The van der Waals surface area contributed by atoms with Crippen LogP contribution in [0.2, 0.25) is 0 Å². The van der Waals surface area contributed by atoms with Gasteiger partial charge in [-0.3, -0.25) is 15.6 Å². The Bertz CT molecular complexity index is 818. The van der Waals surface area contributed by atoms with Gasteiger partial charge >= 0.3 is 0 Å². The van der Waals surface area contributed by atoms with E-state index < -0.39 is 0 Å². The SMILES string of the molecule is O=C(COc1cccc(Br)c1)NNC(=S)Nc1ccc2c(c1)OCCO2. The molecule has 136 valence electrons. The minimum atomic E-state index is -0.365. The van der Waals surface area contributed by atoms with Gasteiger partial charge in [0, 0.05) is 16.2 Å². The van der Waals surface area contributed by atoms with Gasteiger partial charge in [-0.05, 0) is 42.5 Å². The highest BCUT2D eigenvalue weighted by Crippen LogP contribution is 2.32. The average Bonchev–Trinajstić information content (AvgIpc) is 2.65. The molecule has 3 rings (SSSR count). The monoisotopic (exact) mass is 437 g/mol. The van der Waals surface area contributed by atoms with Crippen LogP contribution in [0.25, 0.3) is 0 Å². The number of fused-ring (bicyclic) bond motifs is 1. The van der Waals surface area contributed by atoms with E-state index in [2.05, 4.69) is 32.1 Å². The first-order valence-corrected chi connectivity index (χ1v) is 8.94. The van der Waals surface area contributed by atoms with Crippen LogP contribution in [-0.2, 0) is 4.79 Å². The summed E-state index contributed by atoms with van der Waals surface area (Å²) in [5.74, 6) is 1.57. The molecule has 0 saturated heterocycles. The normalized spacial score (nSPS) is 12.0. The number of halogens is 1. The molecule has 1 aliphatic rings. The van der Waals surface area contributed by atoms with Crippen LogP contribution in [0.3, 0.4) is 0 Å². The molecule has 0 radical (unpaired) electrons. The van der Waals surface area contributed by atoms with Crippen LogP contribution in [-0.4, -0.2) is 30.8 Å². The minimum Gasteiger partial charge on any atom is -0.486 e. The van der Waals surface area contributed by atoms with Crippen LogP contribution in [0, 0.1) is 0 Å². The molecule has 1 amide bonds. The molecular weight excluding hydrogens is 422 g/mol. The van der Waals surface area contributed by atoms with E-state index >= 15 is 0 Å². The van der Waals surface area contributed by atoms with Gasteiger partial charge in [0.15, 0.2) is 23.2 Å². The number of hydrogen-bond acceptors (Lipinski definition) is 5. The molecule has 1 aliphatic heterocycles. The smallest absolute Gasteiger partial charge is 0.276 e. The summed E-state index contributed by atoms with van der Waals surface area (Å²) in [6.07, 6.45) is 0. The number of hydrazine groups is 1. The maximum absolute atomic E-state index is 11.8. The predicted octanol–water partition coefficient (Wildman–Crippen LogP) is 2.62. The van der Waals surface area contributed by atoms with Gasteiger partial charge in [0.2, 0.25) is 0 Å². The Hall–Kier alpha value is -2.52. The number of carbonyl (C=O) groups excluding carboxylic acids is 1. The van der Waals surface area contributed by atoms with Gasteiger partial charge in [-0.15, -0.1) is 0 Å². The van der Waals surface area contributed by atoms with Crippen LogP contribution in [0.15, 0.2) is 46.9 Å². The van der Waals surface area contributed by atoms with Crippen molar-refractivity contribution in [3.8, 4) is 17.2 Å². The Morgan fingerprint density at radius 2 is 1.92 bits per heavy atom. The highest BCUT2D eigenvalue weighted by atomic mass is 79.9. The summed E-state index contributed by atoms with van der Waals surface area (Å²) in [4.78, 5) is 11.8. The lowest BCUT2D eigenvalue weighted by Crippen LogP contribution is -2.45. The van der Waals surface area contributed by atoms with Gasteiger partial charge in [-0.1, -0.05) is 22.0 Å². The fourth-order valence-corrected chi connectivity index (χ4v) is 2.70. The van der Waals surface area contributed by atoms with E-state index in [0.717, 1.165) is 4.47 Å². The molecule has 0 fully saturated rings. The van der Waals surface area contributed by atoms with Gasteiger partial charge in [0.05, 0.1) is 0 Å². The number of carbonyl (C=O) groups is 1. The number of hydrogen-bond donors (Lipinski definition) is 3. The fraction of sp³-hybridized carbons (Fsp3) is 0.176. The van der Waals surface area contributed by atoms with E-state index in [-0.39, 0.29) is 17.6 Å². The van der Waals surface area contributed by atoms with E-state index in [4.69, 9.17) is 26.4 Å². The van der Waals surface area contributed by atoms with Gasteiger partial charge in [0.25, 0.3) is 5.91 Å². The first-order valence-electron chi connectivity index (χ1n) is 7.74. The topological polar surface area (TPSA) is 80.9 Å². The van der Waals surface area contributed by atoms with E-state index in [1.54, 1.807) is 30.3 Å². The molecule has 9 heteroatoms. The van der Waals surface area contributed by atoms with Crippen molar-refractivity contribution in [2.45, 2.75) is 0 Å². The van der Waals surface area contributed by atoms with Crippen molar-refractivity contribution in [1.29, 1.82) is 0 Å². The van der Waals surface area contributed by atoms with Crippen LogP contribution < -0.4 is 30.4 Å². The van der Waals surface area contributed by atoms with Crippen molar-refractivity contribution >= 4 is 44.9 Å². The summed E-state index contributed by atoms with van der Waals surface area (Å²) >= 11 is 8.49. The van der Waals surface area contributed by atoms with Gasteiger partial charge < -0.3 is 19.5 Å². The first-order chi connectivity index (χ1) is 12.6. The van der Waals surface area contributed by atoms with E-state index in [1.165, 1.54) is 0 Å². The number of thiocarbonyl (C=S) groups is 1. The number of benzene rings is 2. The van der Waals surface area contributed by atoms with Crippen molar-refractivity contribution < 1.29 is 19.0 Å². The quantitative estimate of drug-likeness (QED) is 0.500. The molecule has 0 atom stereocenters. The molecule has 2 aromatic carbocycles. The number of nitrogens with one attached hydrogen (secondary N) is 3. The van der Waals surface area contributed by atoms with Crippen LogP contribution >= 0.6 is 28.1 Å².